The zero-order valence-corrected chi connectivity index (χ0v) is 19.2. The lowest BCUT2D eigenvalue weighted by molar-refractivity contribution is 0.0576. The average molecular weight is 367 g/mol. The van der Waals surface area contributed by atoms with Crippen molar-refractivity contribution < 1.29 is 0 Å². The van der Waals surface area contributed by atoms with Crippen LogP contribution in [0, 0.1) is 35.5 Å². The van der Waals surface area contributed by atoms with Gasteiger partial charge in [0.2, 0.25) is 0 Å². The third-order valence-electron chi connectivity index (χ3n) is 6.63. The van der Waals surface area contributed by atoms with Gasteiger partial charge in [0.15, 0.2) is 0 Å². The molecule has 0 radical (unpaired) electrons. The van der Waals surface area contributed by atoms with Gasteiger partial charge in [-0.25, -0.2) is 0 Å². The number of hydrogen-bond donors (Lipinski definition) is 0. The lowest BCUT2D eigenvalue weighted by Gasteiger charge is -2.47. The molecular weight excluding hydrogens is 312 g/mol. The molecule has 0 aliphatic heterocycles. The molecule has 2 aliphatic rings. The van der Waals surface area contributed by atoms with Crippen LogP contribution in [0.5, 0.6) is 0 Å². The highest BCUT2D eigenvalue weighted by Gasteiger charge is 2.40. The Morgan fingerprint density at radius 1 is 1.00 bits per heavy atom. The maximum atomic E-state index is 2.56. The molecular formula is C26H54. The summed E-state index contributed by atoms with van der Waals surface area (Å²) in [7, 11) is 0. The second-order valence-corrected chi connectivity index (χ2v) is 8.70. The minimum absolute atomic E-state index is 0. The normalized spacial score (nSPS) is 31.0. The van der Waals surface area contributed by atoms with Gasteiger partial charge in [0.25, 0.3) is 0 Å². The SMILES string of the molecule is C.CC.CCC.CCCC(C)CCC1C(C)CCC2C(C)C(C)=CCC12. The van der Waals surface area contributed by atoms with E-state index in [1.54, 1.807) is 5.57 Å². The van der Waals surface area contributed by atoms with Crippen molar-refractivity contribution in [3.63, 3.8) is 0 Å². The summed E-state index contributed by atoms with van der Waals surface area (Å²) in [4.78, 5) is 0. The maximum Gasteiger partial charge on any atom is -0.0203 e. The average Bonchev–Trinajstić information content (AvgIpc) is 2.60. The Morgan fingerprint density at radius 2 is 1.58 bits per heavy atom. The van der Waals surface area contributed by atoms with Gasteiger partial charge < -0.3 is 0 Å². The van der Waals surface area contributed by atoms with Gasteiger partial charge >= 0.3 is 0 Å². The molecule has 0 spiro atoms. The number of fused-ring (bicyclic) bond motifs is 1. The molecule has 6 atom stereocenters. The van der Waals surface area contributed by atoms with Crippen LogP contribution in [0.25, 0.3) is 0 Å². The summed E-state index contributed by atoms with van der Waals surface area (Å²) in [5.41, 5.74) is 1.67. The van der Waals surface area contributed by atoms with E-state index in [9.17, 15) is 0 Å². The Labute approximate surface area is 168 Å². The molecule has 6 unspecified atom stereocenters. The lowest BCUT2D eigenvalue weighted by Crippen LogP contribution is -2.38. The molecule has 0 aromatic heterocycles. The molecule has 2 rings (SSSR count). The zero-order valence-electron chi connectivity index (χ0n) is 19.2. The van der Waals surface area contributed by atoms with E-state index in [1.165, 1.54) is 51.4 Å². The maximum absolute atomic E-state index is 2.56. The highest BCUT2D eigenvalue weighted by molar-refractivity contribution is 5.12. The Hall–Kier alpha value is -0.260. The zero-order chi connectivity index (χ0) is 19.4. The Bertz CT molecular complexity index is 340. The van der Waals surface area contributed by atoms with E-state index in [2.05, 4.69) is 54.5 Å². The molecule has 0 bridgehead atoms. The van der Waals surface area contributed by atoms with Gasteiger partial charge in [-0.05, 0) is 61.7 Å². The standard InChI is InChI=1S/C20H36.C3H8.C2H6.CH4/c1-6-7-14(2)8-11-18-16(4)10-12-19-17(5)15(3)9-13-20(18)19;1-3-2;1-2;/h9,14,16-20H,6-8,10-13H2,1-5H3;3H2,1-2H3;1-2H3;1H4. The van der Waals surface area contributed by atoms with Crippen molar-refractivity contribution in [3.8, 4) is 0 Å². The van der Waals surface area contributed by atoms with Crippen molar-refractivity contribution in [2.45, 2.75) is 121 Å². The highest BCUT2D eigenvalue weighted by Crippen LogP contribution is 2.50. The van der Waals surface area contributed by atoms with Crippen LogP contribution in [0.4, 0.5) is 0 Å². The van der Waals surface area contributed by atoms with Crippen LogP contribution >= 0.6 is 0 Å². The van der Waals surface area contributed by atoms with E-state index < -0.39 is 0 Å². The highest BCUT2D eigenvalue weighted by atomic mass is 14.5. The van der Waals surface area contributed by atoms with Crippen LogP contribution in [0.1, 0.15) is 121 Å². The lowest BCUT2D eigenvalue weighted by atomic mass is 9.58. The minimum atomic E-state index is 0. The third kappa shape index (κ3) is 8.62. The fourth-order valence-electron chi connectivity index (χ4n) is 5.05. The first kappa shape index (κ1) is 28.0. The van der Waals surface area contributed by atoms with Crippen molar-refractivity contribution in [2.75, 3.05) is 0 Å². The molecule has 1 saturated carbocycles. The molecule has 0 heteroatoms. The molecule has 0 nitrogen and oxygen atoms in total. The van der Waals surface area contributed by atoms with E-state index in [4.69, 9.17) is 0 Å². The van der Waals surface area contributed by atoms with E-state index in [0.717, 1.165) is 35.5 Å². The van der Waals surface area contributed by atoms with Gasteiger partial charge in [-0.1, -0.05) is 107 Å². The Morgan fingerprint density at radius 3 is 2.12 bits per heavy atom. The smallest absolute Gasteiger partial charge is 0.0203 e. The van der Waals surface area contributed by atoms with Gasteiger partial charge in [0.05, 0.1) is 0 Å². The van der Waals surface area contributed by atoms with Gasteiger partial charge in [0.1, 0.15) is 0 Å². The van der Waals surface area contributed by atoms with Crippen LogP contribution in [0.3, 0.4) is 0 Å². The van der Waals surface area contributed by atoms with E-state index in [1.807, 2.05) is 13.8 Å². The quantitative estimate of drug-likeness (QED) is 0.425. The van der Waals surface area contributed by atoms with E-state index in [0.29, 0.717) is 0 Å². The summed E-state index contributed by atoms with van der Waals surface area (Å²) < 4.78 is 0. The van der Waals surface area contributed by atoms with Crippen LogP contribution in [-0.4, -0.2) is 0 Å². The van der Waals surface area contributed by atoms with Crippen LogP contribution in [0.2, 0.25) is 0 Å². The molecule has 2 aliphatic carbocycles. The molecule has 0 aromatic carbocycles. The summed E-state index contributed by atoms with van der Waals surface area (Å²) in [6.07, 6.45) is 13.9. The van der Waals surface area contributed by atoms with Crippen LogP contribution < -0.4 is 0 Å². The van der Waals surface area contributed by atoms with Crippen molar-refractivity contribution >= 4 is 0 Å². The van der Waals surface area contributed by atoms with Crippen molar-refractivity contribution in [1.82, 2.24) is 0 Å². The van der Waals surface area contributed by atoms with Crippen molar-refractivity contribution in [3.05, 3.63) is 11.6 Å². The second-order valence-electron chi connectivity index (χ2n) is 8.70. The molecule has 0 heterocycles. The monoisotopic (exact) mass is 366 g/mol. The van der Waals surface area contributed by atoms with Crippen LogP contribution in [0.15, 0.2) is 11.6 Å². The van der Waals surface area contributed by atoms with E-state index in [-0.39, 0.29) is 7.43 Å². The fourth-order valence-corrected chi connectivity index (χ4v) is 5.05. The first-order chi connectivity index (χ1) is 12.0. The second kappa shape index (κ2) is 15.8. The molecule has 0 amide bonds. The molecule has 26 heavy (non-hydrogen) atoms. The Kier molecular flexibility index (Phi) is 16.9. The topological polar surface area (TPSA) is 0 Å². The third-order valence-corrected chi connectivity index (χ3v) is 6.63. The molecule has 158 valence electrons. The molecule has 0 saturated heterocycles. The number of hydrogen-bond acceptors (Lipinski definition) is 0. The van der Waals surface area contributed by atoms with Gasteiger partial charge in [-0.2, -0.15) is 0 Å². The molecule has 0 N–H and O–H groups in total. The van der Waals surface area contributed by atoms with Crippen LogP contribution in [-0.2, 0) is 0 Å². The summed E-state index contributed by atoms with van der Waals surface area (Å²) in [6, 6.07) is 0. The number of allylic oxidation sites excluding steroid dienone is 2. The largest absolute Gasteiger partial charge is 0.0850 e. The fraction of sp³-hybridized carbons (Fsp3) is 0.923. The van der Waals surface area contributed by atoms with Gasteiger partial charge in [-0.3, -0.25) is 0 Å². The van der Waals surface area contributed by atoms with Gasteiger partial charge in [-0.15, -0.1) is 0 Å². The minimum Gasteiger partial charge on any atom is -0.0850 e. The van der Waals surface area contributed by atoms with Crippen molar-refractivity contribution in [2.24, 2.45) is 35.5 Å². The first-order valence-electron chi connectivity index (χ1n) is 11.6. The summed E-state index contributed by atoms with van der Waals surface area (Å²) >= 11 is 0. The predicted octanol–water partition coefficient (Wildman–Crippen LogP) is 9.55. The summed E-state index contributed by atoms with van der Waals surface area (Å²) in [6.45, 7) is 20.4. The Balaban J connectivity index is 0. The van der Waals surface area contributed by atoms with E-state index >= 15 is 0 Å². The van der Waals surface area contributed by atoms with Crippen molar-refractivity contribution in [1.29, 1.82) is 0 Å². The molecule has 0 aromatic rings. The van der Waals surface area contributed by atoms with Gasteiger partial charge in [0, 0.05) is 0 Å². The first-order valence-corrected chi connectivity index (χ1v) is 11.6. The summed E-state index contributed by atoms with van der Waals surface area (Å²) in [5.74, 6) is 5.72. The molecule has 1 fully saturated rings. The number of rotatable bonds is 5. The predicted molar refractivity (Wildman–Crippen MR) is 124 cm³/mol. The summed E-state index contributed by atoms with van der Waals surface area (Å²) in [5, 5.41) is 0.